The molecule has 0 fully saturated rings. The Bertz CT molecular complexity index is 380. The molecular weight excluding hydrogens is 228 g/mol. The van der Waals surface area contributed by atoms with Gasteiger partial charge in [-0.2, -0.15) is 0 Å². The predicted molar refractivity (Wildman–Crippen MR) is 74.3 cm³/mol. The first kappa shape index (κ1) is 14.8. The highest BCUT2D eigenvalue weighted by atomic mass is 16.5. The van der Waals surface area contributed by atoms with Crippen molar-refractivity contribution >= 4 is 0 Å². The monoisotopic (exact) mass is 252 g/mol. The van der Waals surface area contributed by atoms with E-state index in [9.17, 15) is 0 Å². The molecule has 0 radical (unpaired) electrons. The summed E-state index contributed by atoms with van der Waals surface area (Å²) in [4.78, 5) is 2.26. The minimum absolute atomic E-state index is 0.731. The molecule has 102 valence electrons. The van der Waals surface area contributed by atoms with Gasteiger partial charge in [0.1, 0.15) is 0 Å². The number of hydrogen-bond acceptors (Lipinski definition) is 4. The van der Waals surface area contributed by atoms with Gasteiger partial charge in [0.15, 0.2) is 11.5 Å². The minimum atomic E-state index is 0.731. The molecule has 0 aromatic heterocycles. The molecule has 0 aliphatic rings. The maximum absolute atomic E-state index is 5.52. The van der Waals surface area contributed by atoms with Gasteiger partial charge < -0.3 is 20.1 Å². The Morgan fingerprint density at radius 3 is 2.33 bits per heavy atom. The summed E-state index contributed by atoms with van der Waals surface area (Å²) in [6.07, 6.45) is 1.02. The Balaban J connectivity index is 2.82. The van der Waals surface area contributed by atoms with Crippen LogP contribution in [-0.4, -0.2) is 39.3 Å². The fraction of sp³-hybridized carbons (Fsp3) is 0.571. The summed E-state index contributed by atoms with van der Waals surface area (Å²) in [5.74, 6) is 1.56. The van der Waals surface area contributed by atoms with E-state index in [-0.39, 0.29) is 0 Å². The summed E-state index contributed by atoms with van der Waals surface area (Å²) in [7, 11) is 5.42. The van der Waals surface area contributed by atoms with Crippen LogP contribution in [0.4, 0.5) is 0 Å². The molecule has 18 heavy (non-hydrogen) atoms. The van der Waals surface area contributed by atoms with Crippen LogP contribution in [0.2, 0.25) is 0 Å². The first-order valence-electron chi connectivity index (χ1n) is 6.22. The maximum atomic E-state index is 5.52. The van der Waals surface area contributed by atoms with Gasteiger partial charge in [0, 0.05) is 6.54 Å². The molecule has 0 bridgehead atoms. The highest BCUT2D eigenvalue weighted by Gasteiger charge is 2.10. The minimum Gasteiger partial charge on any atom is -0.493 e. The number of rotatable bonds is 7. The van der Waals surface area contributed by atoms with Gasteiger partial charge in [-0.3, -0.25) is 0 Å². The molecule has 4 heteroatoms. The van der Waals surface area contributed by atoms with E-state index < -0.39 is 0 Å². The molecule has 0 unspecified atom stereocenters. The van der Waals surface area contributed by atoms with E-state index in [1.807, 2.05) is 12.1 Å². The summed E-state index contributed by atoms with van der Waals surface area (Å²) in [5.41, 5.74) is 7.99. The van der Waals surface area contributed by atoms with E-state index in [1.54, 1.807) is 14.2 Å². The van der Waals surface area contributed by atoms with E-state index in [0.29, 0.717) is 0 Å². The smallest absolute Gasteiger partial charge is 0.161 e. The molecule has 0 saturated carbocycles. The standard InChI is InChI=1S/C14H24N2O2/c1-11-8-13(17-3)14(18-4)9-12(11)10-16(2)7-5-6-15/h8-9H,5-7,10,15H2,1-4H3. The van der Waals surface area contributed by atoms with E-state index in [0.717, 1.165) is 37.6 Å². The van der Waals surface area contributed by atoms with Crippen molar-refractivity contribution in [3.8, 4) is 11.5 Å². The Morgan fingerprint density at radius 2 is 1.78 bits per heavy atom. The molecular formula is C14H24N2O2. The van der Waals surface area contributed by atoms with Crippen LogP contribution < -0.4 is 15.2 Å². The van der Waals surface area contributed by atoms with Gasteiger partial charge >= 0.3 is 0 Å². The van der Waals surface area contributed by atoms with E-state index in [4.69, 9.17) is 15.2 Å². The van der Waals surface area contributed by atoms with Crippen LogP contribution in [0.25, 0.3) is 0 Å². The van der Waals surface area contributed by atoms with Gasteiger partial charge in [-0.1, -0.05) is 0 Å². The van der Waals surface area contributed by atoms with Crippen LogP contribution in [-0.2, 0) is 6.54 Å². The van der Waals surface area contributed by atoms with Gasteiger partial charge in [-0.25, -0.2) is 0 Å². The summed E-state index contributed by atoms with van der Waals surface area (Å²) in [6, 6.07) is 4.07. The van der Waals surface area contributed by atoms with Crippen LogP contribution in [0.3, 0.4) is 0 Å². The Kier molecular flexibility index (Phi) is 5.95. The fourth-order valence-electron chi connectivity index (χ4n) is 1.92. The zero-order valence-corrected chi connectivity index (χ0v) is 11.8. The summed E-state index contributed by atoms with van der Waals surface area (Å²) in [6.45, 7) is 4.72. The molecule has 1 aromatic carbocycles. The van der Waals surface area contributed by atoms with Gasteiger partial charge in [0.2, 0.25) is 0 Å². The lowest BCUT2D eigenvalue weighted by Gasteiger charge is -2.19. The number of benzene rings is 1. The highest BCUT2D eigenvalue weighted by Crippen LogP contribution is 2.30. The maximum Gasteiger partial charge on any atom is 0.161 e. The molecule has 4 nitrogen and oxygen atoms in total. The van der Waals surface area contributed by atoms with Crippen molar-refractivity contribution in [1.82, 2.24) is 4.90 Å². The van der Waals surface area contributed by atoms with Crippen LogP contribution in [0.15, 0.2) is 12.1 Å². The zero-order chi connectivity index (χ0) is 13.5. The lowest BCUT2D eigenvalue weighted by molar-refractivity contribution is 0.320. The highest BCUT2D eigenvalue weighted by molar-refractivity contribution is 5.46. The SMILES string of the molecule is COc1cc(C)c(CN(C)CCCN)cc1OC. The van der Waals surface area contributed by atoms with Crippen LogP contribution in [0.5, 0.6) is 11.5 Å². The summed E-state index contributed by atoms with van der Waals surface area (Å²) in [5, 5.41) is 0. The average molecular weight is 252 g/mol. The molecule has 2 N–H and O–H groups in total. The first-order chi connectivity index (χ1) is 8.62. The van der Waals surface area contributed by atoms with Gasteiger partial charge in [-0.05, 0) is 56.7 Å². The lowest BCUT2D eigenvalue weighted by atomic mass is 10.1. The molecule has 0 spiro atoms. The first-order valence-corrected chi connectivity index (χ1v) is 6.22. The van der Waals surface area contributed by atoms with Crippen molar-refractivity contribution in [3.05, 3.63) is 23.3 Å². The normalized spacial score (nSPS) is 10.8. The van der Waals surface area contributed by atoms with Gasteiger partial charge in [0.05, 0.1) is 14.2 Å². The average Bonchev–Trinajstić information content (AvgIpc) is 2.38. The third-order valence-corrected chi connectivity index (χ3v) is 3.03. The second-order valence-electron chi connectivity index (χ2n) is 4.51. The van der Waals surface area contributed by atoms with Crippen molar-refractivity contribution in [2.24, 2.45) is 5.73 Å². The van der Waals surface area contributed by atoms with E-state index >= 15 is 0 Å². The summed E-state index contributed by atoms with van der Waals surface area (Å²) < 4.78 is 10.6. The van der Waals surface area contributed by atoms with Crippen LogP contribution in [0.1, 0.15) is 17.5 Å². The van der Waals surface area contributed by atoms with Gasteiger partial charge in [-0.15, -0.1) is 0 Å². The molecule has 0 saturated heterocycles. The van der Waals surface area contributed by atoms with Crippen molar-refractivity contribution in [1.29, 1.82) is 0 Å². The number of methoxy groups -OCH3 is 2. The Morgan fingerprint density at radius 1 is 1.17 bits per heavy atom. The third-order valence-electron chi connectivity index (χ3n) is 3.03. The quantitative estimate of drug-likeness (QED) is 0.804. The molecule has 1 aromatic rings. The molecule has 0 heterocycles. The second-order valence-corrected chi connectivity index (χ2v) is 4.51. The zero-order valence-electron chi connectivity index (χ0n) is 11.8. The number of nitrogens with zero attached hydrogens (tertiary/aromatic N) is 1. The van der Waals surface area contributed by atoms with Crippen LogP contribution in [0, 0.1) is 6.92 Å². The number of ether oxygens (including phenoxy) is 2. The molecule has 0 aliphatic carbocycles. The molecule has 0 aliphatic heterocycles. The Labute approximate surface area is 110 Å². The lowest BCUT2D eigenvalue weighted by Crippen LogP contribution is -2.21. The Hall–Kier alpha value is -1.26. The third kappa shape index (κ3) is 3.89. The fourth-order valence-corrected chi connectivity index (χ4v) is 1.92. The number of hydrogen-bond donors (Lipinski definition) is 1. The molecule has 1 rings (SSSR count). The summed E-state index contributed by atoms with van der Waals surface area (Å²) >= 11 is 0. The molecule has 0 atom stereocenters. The van der Waals surface area contributed by atoms with Crippen molar-refractivity contribution in [2.45, 2.75) is 19.9 Å². The van der Waals surface area contributed by atoms with Crippen molar-refractivity contribution in [2.75, 3.05) is 34.4 Å². The van der Waals surface area contributed by atoms with E-state index in [1.165, 1.54) is 11.1 Å². The van der Waals surface area contributed by atoms with Crippen molar-refractivity contribution < 1.29 is 9.47 Å². The van der Waals surface area contributed by atoms with Crippen LogP contribution >= 0.6 is 0 Å². The number of aryl methyl sites for hydroxylation is 1. The van der Waals surface area contributed by atoms with Gasteiger partial charge in [0.25, 0.3) is 0 Å². The predicted octanol–water partition coefficient (Wildman–Crippen LogP) is 1.79. The largest absolute Gasteiger partial charge is 0.493 e. The topological polar surface area (TPSA) is 47.7 Å². The van der Waals surface area contributed by atoms with Crippen molar-refractivity contribution in [3.63, 3.8) is 0 Å². The molecule has 0 amide bonds. The number of nitrogens with two attached hydrogens (primary N) is 1. The second kappa shape index (κ2) is 7.24. The van der Waals surface area contributed by atoms with E-state index in [2.05, 4.69) is 18.9 Å².